The number of hydrogen-bond donors (Lipinski definition) is 0. The molecular formula is C17H20N2O4. The summed E-state index contributed by atoms with van der Waals surface area (Å²) in [5.74, 6) is -0.687. The number of benzene rings is 1. The molecule has 3 rings (SSSR count). The van der Waals surface area contributed by atoms with Crippen molar-refractivity contribution in [2.45, 2.75) is 32.5 Å². The molecule has 2 heterocycles. The van der Waals surface area contributed by atoms with Gasteiger partial charge < -0.3 is 9.64 Å². The van der Waals surface area contributed by atoms with Gasteiger partial charge in [-0.05, 0) is 26.0 Å². The number of carbonyl (C=O) groups excluding carboxylic acids is 3. The highest BCUT2D eigenvalue weighted by atomic mass is 16.5. The third-order valence-electron chi connectivity index (χ3n) is 4.20. The maximum absolute atomic E-state index is 12.4. The van der Waals surface area contributed by atoms with Gasteiger partial charge in [0.25, 0.3) is 11.8 Å². The summed E-state index contributed by atoms with van der Waals surface area (Å²) >= 11 is 0. The zero-order valence-electron chi connectivity index (χ0n) is 13.3. The first kappa shape index (κ1) is 15.7. The van der Waals surface area contributed by atoms with E-state index in [0.29, 0.717) is 24.2 Å². The van der Waals surface area contributed by atoms with Crippen molar-refractivity contribution >= 4 is 17.7 Å². The maximum atomic E-state index is 12.4. The van der Waals surface area contributed by atoms with Crippen molar-refractivity contribution in [2.75, 3.05) is 19.6 Å². The Morgan fingerprint density at radius 1 is 1.09 bits per heavy atom. The van der Waals surface area contributed by atoms with Gasteiger partial charge in [-0.25, -0.2) is 0 Å². The van der Waals surface area contributed by atoms with Gasteiger partial charge in [0, 0.05) is 26.1 Å². The number of rotatable bonds is 3. The molecule has 2 aliphatic heterocycles. The van der Waals surface area contributed by atoms with Gasteiger partial charge >= 0.3 is 0 Å². The number of amides is 3. The first-order valence-corrected chi connectivity index (χ1v) is 7.86. The molecule has 0 aliphatic carbocycles. The molecule has 1 aromatic carbocycles. The average Bonchev–Trinajstić information content (AvgIpc) is 2.76. The van der Waals surface area contributed by atoms with E-state index in [1.807, 2.05) is 13.8 Å². The highest BCUT2D eigenvalue weighted by Crippen LogP contribution is 2.22. The Morgan fingerprint density at radius 3 is 2.13 bits per heavy atom. The average molecular weight is 316 g/mol. The molecule has 1 saturated heterocycles. The minimum Gasteiger partial charge on any atom is -0.372 e. The number of hydrogen-bond acceptors (Lipinski definition) is 4. The molecule has 3 amide bonds. The molecule has 0 spiro atoms. The van der Waals surface area contributed by atoms with Gasteiger partial charge in [-0.15, -0.1) is 0 Å². The number of morpholine rings is 1. The van der Waals surface area contributed by atoms with Crippen molar-refractivity contribution in [2.24, 2.45) is 0 Å². The van der Waals surface area contributed by atoms with Crippen LogP contribution in [0.5, 0.6) is 0 Å². The van der Waals surface area contributed by atoms with Crippen molar-refractivity contribution in [1.82, 2.24) is 9.80 Å². The molecule has 6 heteroatoms. The molecule has 1 fully saturated rings. The lowest BCUT2D eigenvalue weighted by molar-refractivity contribution is -0.143. The fourth-order valence-corrected chi connectivity index (χ4v) is 3.19. The van der Waals surface area contributed by atoms with Gasteiger partial charge in [-0.3, -0.25) is 19.3 Å². The molecule has 2 aliphatic rings. The number of fused-ring (bicyclic) bond motifs is 1. The summed E-state index contributed by atoms with van der Waals surface area (Å²) in [5, 5.41) is 0. The topological polar surface area (TPSA) is 66.9 Å². The normalized spacial score (nSPS) is 24.1. The molecule has 1 aromatic rings. The van der Waals surface area contributed by atoms with Crippen molar-refractivity contribution < 1.29 is 19.1 Å². The van der Waals surface area contributed by atoms with Gasteiger partial charge in [-0.1, -0.05) is 12.1 Å². The van der Waals surface area contributed by atoms with E-state index < -0.39 is 0 Å². The second-order valence-electron chi connectivity index (χ2n) is 6.11. The van der Waals surface area contributed by atoms with Crippen molar-refractivity contribution in [3.63, 3.8) is 0 Å². The summed E-state index contributed by atoms with van der Waals surface area (Å²) in [6.07, 6.45) is 0.147. The lowest BCUT2D eigenvalue weighted by Crippen LogP contribution is -2.49. The van der Waals surface area contributed by atoms with Crippen LogP contribution < -0.4 is 0 Å². The van der Waals surface area contributed by atoms with Crippen LogP contribution in [0, 0.1) is 0 Å². The standard InChI is InChI=1S/C17H20N2O4/c1-11-9-18(10-12(2)23-11)15(20)7-8-19-16(21)13-5-3-4-6-14(13)17(19)22/h3-6,11-12H,7-10H2,1-2H3/t11-,12-/m0/s1. The smallest absolute Gasteiger partial charge is 0.261 e. The first-order chi connectivity index (χ1) is 11.0. The second kappa shape index (κ2) is 6.12. The zero-order valence-corrected chi connectivity index (χ0v) is 13.3. The minimum absolute atomic E-state index is 0.00186. The van der Waals surface area contributed by atoms with E-state index in [-0.39, 0.29) is 42.9 Å². The van der Waals surface area contributed by atoms with Crippen LogP contribution in [0.15, 0.2) is 24.3 Å². The van der Waals surface area contributed by atoms with E-state index in [1.54, 1.807) is 29.2 Å². The Hall–Kier alpha value is -2.21. The summed E-state index contributed by atoms with van der Waals surface area (Å²) in [7, 11) is 0. The molecular weight excluding hydrogens is 296 g/mol. The number of carbonyl (C=O) groups is 3. The number of nitrogens with zero attached hydrogens (tertiary/aromatic N) is 2. The van der Waals surface area contributed by atoms with E-state index in [4.69, 9.17) is 4.74 Å². The molecule has 0 N–H and O–H groups in total. The summed E-state index contributed by atoms with van der Waals surface area (Å²) in [5.41, 5.74) is 0.831. The van der Waals surface area contributed by atoms with E-state index in [2.05, 4.69) is 0 Å². The van der Waals surface area contributed by atoms with E-state index in [9.17, 15) is 14.4 Å². The van der Waals surface area contributed by atoms with Crippen LogP contribution >= 0.6 is 0 Å². The Kier molecular flexibility index (Phi) is 4.17. The maximum Gasteiger partial charge on any atom is 0.261 e. The molecule has 122 valence electrons. The second-order valence-corrected chi connectivity index (χ2v) is 6.11. The van der Waals surface area contributed by atoms with E-state index >= 15 is 0 Å². The van der Waals surface area contributed by atoms with Gasteiger partial charge in [0.2, 0.25) is 5.91 Å². The van der Waals surface area contributed by atoms with E-state index in [1.165, 1.54) is 0 Å². The van der Waals surface area contributed by atoms with Crippen LogP contribution in [0.2, 0.25) is 0 Å². The molecule has 0 radical (unpaired) electrons. The number of imide groups is 1. The fourth-order valence-electron chi connectivity index (χ4n) is 3.19. The molecule has 0 unspecified atom stereocenters. The van der Waals surface area contributed by atoms with Crippen LogP contribution in [-0.4, -0.2) is 59.4 Å². The van der Waals surface area contributed by atoms with Gasteiger partial charge in [-0.2, -0.15) is 0 Å². The Labute approximate surface area is 135 Å². The third-order valence-corrected chi connectivity index (χ3v) is 4.20. The minimum atomic E-state index is -0.317. The van der Waals surface area contributed by atoms with Crippen LogP contribution in [0.1, 0.15) is 41.0 Å². The summed E-state index contributed by atoms with van der Waals surface area (Å²) in [4.78, 5) is 39.8. The van der Waals surface area contributed by atoms with Crippen LogP contribution in [0.25, 0.3) is 0 Å². The van der Waals surface area contributed by atoms with Crippen molar-refractivity contribution in [1.29, 1.82) is 0 Å². The fraction of sp³-hybridized carbons (Fsp3) is 0.471. The molecule has 2 atom stereocenters. The SMILES string of the molecule is C[C@H]1CN(C(=O)CCN2C(=O)c3ccccc3C2=O)C[C@H](C)O1. The van der Waals surface area contributed by atoms with Gasteiger partial charge in [0.1, 0.15) is 0 Å². The predicted molar refractivity (Wildman–Crippen MR) is 83.0 cm³/mol. The molecule has 0 aromatic heterocycles. The first-order valence-electron chi connectivity index (χ1n) is 7.86. The van der Waals surface area contributed by atoms with Crippen LogP contribution in [0.3, 0.4) is 0 Å². The number of ether oxygens (including phenoxy) is 1. The van der Waals surface area contributed by atoms with Crippen LogP contribution in [0.4, 0.5) is 0 Å². The lowest BCUT2D eigenvalue weighted by atomic mass is 10.1. The predicted octanol–water partition coefficient (Wildman–Crippen LogP) is 1.31. The van der Waals surface area contributed by atoms with Gasteiger partial charge in [0.15, 0.2) is 0 Å². The Morgan fingerprint density at radius 2 is 1.61 bits per heavy atom. The largest absolute Gasteiger partial charge is 0.372 e. The lowest BCUT2D eigenvalue weighted by Gasteiger charge is -2.35. The zero-order chi connectivity index (χ0) is 16.6. The highest BCUT2D eigenvalue weighted by Gasteiger charge is 2.35. The Balaban J connectivity index is 1.62. The summed E-state index contributed by atoms with van der Waals surface area (Å²) in [6.45, 7) is 5.07. The van der Waals surface area contributed by atoms with Crippen molar-refractivity contribution in [3.05, 3.63) is 35.4 Å². The third kappa shape index (κ3) is 2.99. The monoisotopic (exact) mass is 316 g/mol. The van der Waals surface area contributed by atoms with Crippen LogP contribution in [-0.2, 0) is 9.53 Å². The quantitative estimate of drug-likeness (QED) is 0.789. The highest BCUT2D eigenvalue weighted by molar-refractivity contribution is 6.21. The molecule has 23 heavy (non-hydrogen) atoms. The summed E-state index contributed by atoms with van der Waals surface area (Å²) in [6, 6.07) is 6.75. The molecule has 0 bridgehead atoms. The molecule has 0 saturated carbocycles. The Bertz CT molecular complexity index is 613. The van der Waals surface area contributed by atoms with E-state index in [0.717, 1.165) is 4.90 Å². The molecule has 6 nitrogen and oxygen atoms in total. The van der Waals surface area contributed by atoms with Crippen molar-refractivity contribution in [3.8, 4) is 0 Å². The summed E-state index contributed by atoms with van der Waals surface area (Å²) < 4.78 is 5.61. The van der Waals surface area contributed by atoms with Gasteiger partial charge in [0.05, 0.1) is 23.3 Å².